The largest absolute Gasteiger partial charge is 0.425 e. The second-order valence-corrected chi connectivity index (χ2v) is 8.27. The monoisotopic (exact) mass is 447 g/mol. The molecule has 5 rings (SSSR count). The summed E-state index contributed by atoms with van der Waals surface area (Å²) in [5.74, 6) is 0.489. The molecule has 1 N–H and O–H groups in total. The summed E-state index contributed by atoms with van der Waals surface area (Å²) in [6, 6.07) is 11.0. The number of aromatic nitrogens is 3. The molecule has 0 spiro atoms. The Labute approximate surface area is 180 Å². The molecule has 0 radical (unpaired) electrons. The van der Waals surface area contributed by atoms with E-state index in [1.807, 2.05) is 30.3 Å². The summed E-state index contributed by atoms with van der Waals surface area (Å²) in [6.45, 7) is -0.411. The van der Waals surface area contributed by atoms with Crippen LogP contribution in [-0.4, -0.2) is 58.0 Å². The number of carbonyl (C=O) groups excluding carboxylic acids is 1. The molecule has 0 unspecified atom stereocenters. The average molecular weight is 447 g/mol. The number of likely N-dealkylation sites (tertiary alicyclic amines) is 1. The number of alkyl halides is 3. The number of hydrogen-bond donors (Lipinski definition) is 1. The first-order valence-electron chi connectivity index (χ1n) is 10.3. The summed E-state index contributed by atoms with van der Waals surface area (Å²) in [6.07, 6.45) is -2.93. The van der Waals surface area contributed by atoms with E-state index in [0.717, 1.165) is 5.56 Å². The van der Waals surface area contributed by atoms with E-state index in [2.05, 4.69) is 20.7 Å². The number of hydrogen-bond acceptors (Lipinski definition) is 7. The fourth-order valence-corrected chi connectivity index (χ4v) is 4.01. The second kappa shape index (κ2) is 8.05. The minimum Gasteiger partial charge on any atom is -0.425 e. The molecule has 1 aliphatic carbocycles. The SMILES string of the molecule is O=C(N[C@H]1C[C@H](c2nnc(C3CN(CC(F)(F)F)C3)o2)C1)c1cc(-c2ccccc2)no1. The summed E-state index contributed by atoms with van der Waals surface area (Å²) in [5.41, 5.74) is 1.45. The van der Waals surface area contributed by atoms with Crippen molar-refractivity contribution < 1.29 is 26.9 Å². The van der Waals surface area contributed by atoms with Crippen molar-refractivity contribution in [2.24, 2.45) is 0 Å². The smallest absolute Gasteiger partial charge is 0.401 e. The van der Waals surface area contributed by atoms with Gasteiger partial charge in [0.05, 0.1) is 12.5 Å². The molecule has 3 heterocycles. The van der Waals surface area contributed by atoms with Crippen molar-refractivity contribution in [2.45, 2.75) is 36.9 Å². The van der Waals surface area contributed by atoms with Crippen LogP contribution in [0.4, 0.5) is 13.2 Å². The molecule has 168 valence electrons. The van der Waals surface area contributed by atoms with Crippen molar-refractivity contribution in [1.82, 2.24) is 25.6 Å². The van der Waals surface area contributed by atoms with Gasteiger partial charge in [0.15, 0.2) is 0 Å². The van der Waals surface area contributed by atoms with Gasteiger partial charge < -0.3 is 14.3 Å². The predicted octanol–water partition coefficient (Wildman–Crippen LogP) is 3.36. The third kappa shape index (κ3) is 4.38. The fourth-order valence-electron chi connectivity index (χ4n) is 4.01. The molecule has 2 aromatic heterocycles. The summed E-state index contributed by atoms with van der Waals surface area (Å²) in [5, 5.41) is 14.9. The van der Waals surface area contributed by atoms with E-state index in [1.54, 1.807) is 6.07 Å². The first kappa shape index (κ1) is 20.7. The number of halogens is 3. The Morgan fingerprint density at radius 3 is 2.47 bits per heavy atom. The second-order valence-electron chi connectivity index (χ2n) is 8.27. The van der Waals surface area contributed by atoms with Gasteiger partial charge in [-0.15, -0.1) is 10.2 Å². The van der Waals surface area contributed by atoms with Gasteiger partial charge >= 0.3 is 6.18 Å². The Morgan fingerprint density at radius 1 is 1.09 bits per heavy atom. The fraction of sp³-hybridized carbons (Fsp3) is 0.429. The van der Waals surface area contributed by atoms with Gasteiger partial charge in [-0.1, -0.05) is 35.5 Å². The van der Waals surface area contributed by atoms with E-state index in [4.69, 9.17) is 8.94 Å². The topological polar surface area (TPSA) is 97.3 Å². The lowest BCUT2D eigenvalue weighted by molar-refractivity contribution is -0.155. The highest BCUT2D eigenvalue weighted by Gasteiger charge is 2.41. The standard InChI is InChI=1S/C21H20F3N5O3/c22-21(23,24)11-29-9-14(10-29)20-27-26-19(31-20)13-6-15(7-13)25-18(30)17-8-16(28-32-17)12-4-2-1-3-5-12/h1-5,8,13-15H,6-7,9-11H2,(H,25,30)/t13-,15-. The molecule has 1 amide bonds. The van der Waals surface area contributed by atoms with Crippen LogP contribution in [0.5, 0.6) is 0 Å². The van der Waals surface area contributed by atoms with E-state index >= 15 is 0 Å². The quantitative estimate of drug-likeness (QED) is 0.619. The lowest BCUT2D eigenvalue weighted by Gasteiger charge is -2.37. The Morgan fingerprint density at radius 2 is 1.78 bits per heavy atom. The van der Waals surface area contributed by atoms with Crippen LogP contribution in [0.2, 0.25) is 0 Å². The average Bonchev–Trinajstić information content (AvgIpc) is 3.36. The predicted molar refractivity (Wildman–Crippen MR) is 105 cm³/mol. The molecule has 3 aromatic rings. The molecule has 11 heteroatoms. The van der Waals surface area contributed by atoms with Crippen molar-refractivity contribution in [1.29, 1.82) is 0 Å². The molecule has 1 saturated heterocycles. The van der Waals surface area contributed by atoms with Crippen molar-refractivity contribution in [3.63, 3.8) is 0 Å². The molecule has 0 bridgehead atoms. The molecule has 2 fully saturated rings. The molecule has 0 atom stereocenters. The van der Waals surface area contributed by atoms with Crippen LogP contribution in [0.1, 0.15) is 47.0 Å². The summed E-state index contributed by atoms with van der Waals surface area (Å²) >= 11 is 0. The number of amides is 1. The van der Waals surface area contributed by atoms with Gasteiger partial charge in [0.1, 0.15) is 5.69 Å². The van der Waals surface area contributed by atoms with Crippen molar-refractivity contribution in [3.8, 4) is 11.3 Å². The van der Waals surface area contributed by atoms with Gasteiger partial charge in [0.2, 0.25) is 17.5 Å². The van der Waals surface area contributed by atoms with E-state index in [0.29, 0.717) is 30.3 Å². The summed E-state index contributed by atoms with van der Waals surface area (Å²) in [7, 11) is 0. The molecule has 2 aliphatic rings. The van der Waals surface area contributed by atoms with Crippen LogP contribution in [0.25, 0.3) is 11.3 Å². The van der Waals surface area contributed by atoms with Crippen LogP contribution in [0.15, 0.2) is 45.3 Å². The van der Waals surface area contributed by atoms with E-state index in [1.165, 1.54) is 4.90 Å². The van der Waals surface area contributed by atoms with Gasteiger partial charge in [-0.05, 0) is 12.8 Å². The third-order valence-corrected chi connectivity index (χ3v) is 5.79. The number of carbonyl (C=O) groups is 1. The van der Waals surface area contributed by atoms with Gasteiger partial charge in [-0.2, -0.15) is 13.2 Å². The van der Waals surface area contributed by atoms with Crippen molar-refractivity contribution >= 4 is 5.91 Å². The lowest BCUT2D eigenvalue weighted by Crippen LogP contribution is -2.49. The zero-order valence-electron chi connectivity index (χ0n) is 16.9. The third-order valence-electron chi connectivity index (χ3n) is 5.79. The Bertz CT molecular complexity index is 1090. The molecular formula is C21H20F3N5O3. The van der Waals surface area contributed by atoms with Crippen LogP contribution >= 0.6 is 0 Å². The van der Waals surface area contributed by atoms with Crippen LogP contribution < -0.4 is 5.32 Å². The molecule has 32 heavy (non-hydrogen) atoms. The minimum absolute atomic E-state index is 0.0162. The number of rotatable bonds is 6. The van der Waals surface area contributed by atoms with Gasteiger partial charge in [-0.3, -0.25) is 9.69 Å². The highest BCUT2D eigenvalue weighted by atomic mass is 19.4. The maximum Gasteiger partial charge on any atom is 0.401 e. The number of nitrogens with one attached hydrogen (secondary N) is 1. The van der Waals surface area contributed by atoms with Gasteiger partial charge in [0, 0.05) is 36.7 Å². The Kier molecular flexibility index (Phi) is 5.20. The van der Waals surface area contributed by atoms with Crippen LogP contribution in [-0.2, 0) is 0 Å². The molecule has 1 aromatic carbocycles. The normalized spacial score (nSPS) is 21.7. The summed E-state index contributed by atoms with van der Waals surface area (Å²) in [4.78, 5) is 13.7. The van der Waals surface area contributed by atoms with E-state index < -0.39 is 12.7 Å². The first-order valence-corrected chi connectivity index (χ1v) is 10.3. The molecular weight excluding hydrogens is 427 g/mol. The Hall–Kier alpha value is -3.21. The van der Waals surface area contributed by atoms with Gasteiger partial charge in [-0.25, -0.2) is 0 Å². The van der Waals surface area contributed by atoms with E-state index in [-0.39, 0.29) is 42.6 Å². The molecule has 1 saturated carbocycles. The zero-order valence-corrected chi connectivity index (χ0v) is 16.9. The molecule has 1 aliphatic heterocycles. The van der Waals surface area contributed by atoms with Gasteiger partial charge in [0.25, 0.3) is 5.91 Å². The van der Waals surface area contributed by atoms with Crippen LogP contribution in [0, 0.1) is 0 Å². The van der Waals surface area contributed by atoms with Crippen molar-refractivity contribution in [3.05, 3.63) is 53.9 Å². The minimum atomic E-state index is -4.20. The zero-order chi connectivity index (χ0) is 22.3. The van der Waals surface area contributed by atoms with Crippen molar-refractivity contribution in [2.75, 3.05) is 19.6 Å². The Balaban J connectivity index is 1.09. The maximum absolute atomic E-state index is 12.4. The lowest BCUT2D eigenvalue weighted by atomic mass is 9.80. The highest BCUT2D eigenvalue weighted by Crippen LogP contribution is 2.38. The summed E-state index contributed by atoms with van der Waals surface area (Å²) < 4.78 is 48.1. The first-order chi connectivity index (χ1) is 15.3. The van der Waals surface area contributed by atoms with E-state index in [9.17, 15) is 18.0 Å². The number of nitrogens with zero attached hydrogens (tertiary/aromatic N) is 4. The maximum atomic E-state index is 12.4. The molecule has 8 nitrogen and oxygen atoms in total. The van der Waals surface area contributed by atoms with Crippen LogP contribution in [0.3, 0.4) is 0 Å². The highest BCUT2D eigenvalue weighted by molar-refractivity contribution is 5.92. The number of benzene rings is 1.